The molecule has 0 bridgehead atoms. The lowest BCUT2D eigenvalue weighted by atomic mass is 10.1. The molecule has 2 N–H and O–H groups in total. The van der Waals surface area contributed by atoms with Crippen molar-refractivity contribution < 1.29 is 22.4 Å². The fraction of sp³-hybridized carbons (Fsp3) is 0.200. The molecule has 34 heavy (non-hydrogen) atoms. The fourth-order valence-electron chi connectivity index (χ4n) is 3.83. The van der Waals surface area contributed by atoms with E-state index in [1.54, 1.807) is 53.4 Å². The van der Waals surface area contributed by atoms with Gasteiger partial charge >= 0.3 is 0 Å². The Balaban J connectivity index is 1.54. The summed E-state index contributed by atoms with van der Waals surface area (Å²) in [5, 5.41) is 2.72. The van der Waals surface area contributed by atoms with Gasteiger partial charge in [0.15, 0.2) is 0 Å². The van der Waals surface area contributed by atoms with Crippen molar-refractivity contribution in [1.29, 1.82) is 0 Å². The lowest BCUT2D eigenvalue weighted by molar-refractivity contribution is -0.118. The van der Waals surface area contributed by atoms with Crippen LogP contribution >= 0.6 is 0 Å². The number of halogens is 1. The van der Waals surface area contributed by atoms with Crippen molar-refractivity contribution in [1.82, 2.24) is 4.72 Å². The van der Waals surface area contributed by atoms with Crippen LogP contribution in [0.5, 0.6) is 0 Å². The molecule has 9 heteroatoms. The van der Waals surface area contributed by atoms with Gasteiger partial charge in [-0.25, -0.2) is 12.8 Å². The lowest BCUT2D eigenvalue weighted by Crippen LogP contribution is -2.45. The van der Waals surface area contributed by atoms with E-state index in [-0.39, 0.29) is 12.3 Å². The number of hydrogen-bond acceptors (Lipinski definition) is 4. The molecule has 3 aromatic rings. The van der Waals surface area contributed by atoms with Crippen LogP contribution in [-0.4, -0.2) is 32.8 Å². The van der Waals surface area contributed by atoms with Crippen LogP contribution in [0, 0.1) is 5.82 Å². The summed E-state index contributed by atoms with van der Waals surface area (Å²) in [6.45, 7) is 0.654. The summed E-state index contributed by atoms with van der Waals surface area (Å²) in [7, 11) is -4.30. The molecule has 1 atom stereocenters. The zero-order valence-electron chi connectivity index (χ0n) is 18.3. The van der Waals surface area contributed by atoms with Crippen LogP contribution in [0.4, 0.5) is 15.8 Å². The third-order valence-corrected chi connectivity index (χ3v) is 7.05. The highest BCUT2D eigenvalue weighted by Gasteiger charge is 2.28. The van der Waals surface area contributed by atoms with Gasteiger partial charge in [-0.15, -0.1) is 0 Å². The van der Waals surface area contributed by atoms with E-state index in [9.17, 15) is 22.4 Å². The van der Waals surface area contributed by atoms with Gasteiger partial charge in [-0.3, -0.25) is 9.59 Å². The van der Waals surface area contributed by atoms with E-state index >= 15 is 0 Å². The first-order valence-corrected chi connectivity index (χ1v) is 12.3. The van der Waals surface area contributed by atoms with Crippen LogP contribution in [0.15, 0.2) is 83.8 Å². The molecule has 1 saturated heterocycles. The van der Waals surface area contributed by atoms with Gasteiger partial charge in [-0.1, -0.05) is 42.5 Å². The molecule has 2 amide bonds. The molecule has 0 radical (unpaired) electrons. The summed E-state index contributed by atoms with van der Waals surface area (Å²) < 4.78 is 42.2. The number of benzene rings is 3. The molecule has 1 aliphatic rings. The molecule has 176 valence electrons. The van der Waals surface area contributed by atoms with E-state index in [0.717, 1.165) is 29.8 Å². The average molecular weight is 482 g/mol. The Bertz CT molecular complexity index is 1280. The molecule has 4 rings (SSSR count). The minimum absolute atomic E-state index is 0.0576. The number of sulfonamides is 1. The molecule has 7 nitrogen and oxygen atoms in total. The van der Waals surface area contributed by atoms with Crippen LogP contribution in [0.25, 0.3) is 0 Å². The van der Waals surface area contributed by atoms with Crippen molar-refractivity contribution in [2.45, 2.75) is 30.2 Å². The average Bonchev–Trinajstić information content (AvgIpc) is 3.25. The molecule has 1 fully saturated rings. The highest BCUT2D eigenvalue weighted by atomic mass is 32.2. The van der Waals surface area contributed by atoms with Crippen molar-refractivity contribution >= 4 is 33.2 Å². The summed E-state index contributed by atoms with van der Waals surface area (Å²) in [4.78, 5) is 26.2. The van der Waals surface area contributed by atoms with E-state index in [4.69, 9.17) is 0 Å². The van der Waals surface area contributed by atoms with Crippen LogP contribution in [0.2, 0.25) is 0 Å². The van der Waals surface area contributed by atoms with Gasteiger partial charge in [0.05, 0.1) is 0 Å². The Labute approximate surface area is 197 Å². The number of anilines is 2. The molecule has 0 aliphatic carbocycles. The van der Waals surface area contributed by atoms with Crippen molar-refractivity contribution in [2.75, 3.05) is 16.8 Å². The first-order valence-electron chi connectivity index (χ1n) is 10.9. The van der Waals surface area contributed by atoms with Crippen molar-refractivity contribution in [3.05, 3.63) is 90.2 Å². The van der Waals surface area contributed by atoms with E-state index in [0.29, 0.717) is 18.7 Å². The lowest BCUT2D eigenvalue weighted by Gasteiger charge is -2.20. The maximum absolute atomic E-state index is 14.2. The summed E-state index contributed by atoms with van der Waals surface area (Å²) >= 11 is 0. The van der Waals surface area contributed by atoms with Gasteiger partial charge in [0.1, 0.15) is 16.8 Å². The minimum Gasteiger partial charge on any atom is -0.325 e. The van der Waals surface area contributed by atoms with Gasteiger partial charge in [-0.05, 0) is 54.8 Å². The topological polar surface area (TPSA) is 95.6 Å². The molecule has 0 aromatic heterocycles. The van der Waals surface area contributed by atoms with Crippen molar-refractivity contribution in [3.63, 3.8) is 0 Å². The number of hydrogen-bond donors (Lipinski definition) is 2. The maximum Gasteiger partial charge on any atom is 0.244 e. The van der Waals surface area contributed by atoms with Gasteiger partial charge in [0, 0.05) is 24.3 Å². The zero-order chi connectivity index (χ0) is 24.1. The molecule has 0 saturated carbocycles. The molecular formula is C25H24FN3O4S. The normalized spacial score (nSPS) is 14.7. The molecule has 0 unspecified atom stereocenters. The number of rotatable bonds is 8. The predicted molar refractivity (Wildman–Crippen MR) is 127 cm³/mol. The summed E-state index contributed by atoms with van der Waals surface area (Å²) in [5.41, 5.74) is 1.92. The van der Waals surface area contributed by atoms with Gasteiger partial charge in [-0.2, -0.15) is 4.72 Å². The van der Waals surface area contributed by atoms with Crippen molar-refractivity contribution in [3.8, 4) is 0 Å². The third kappa shape index (κ3) is 5.49. The molecule has 1 aliphatic heterocycles. The van der Waals surface area contributed by atoms with Gasteiger partial charge in [0.2, 0.25) is 21.8 Å². The smallest absolute Gasteiger partial charge is 0.244 e. The zero-order valence-corrected chi connectivity index (χ0v) is 19.1. The van der Waals surface area contributed by atoms with Gasteiger partial charge in [0.25, 0.3) is 0 Å². The first kappa shape index (κ1) is 23.6. The third-order valence-electron chi connectivity index (χ3n) is 5.54. The summed E-state index contributed by atoms with van der Waals surface area (Å²) in [6, 6.07) is 19.5. The Kier molecular flexibility index (Phi) is 7.04. The Morgan fingerprint density at radius 2 is 1.65 bits per heavy atom. The number of nitrogens with zero attached hydrogens (tertiary/aromatic N) is 1. The first-order chi connectivity index (χ1) is 16.3. The van der Waals surface area contributed by atoms with Crippen molar-refractivity contribution in [2.24, 2.45) is 0 Å². The Hall–Kier alpha value is -3.56. The van der Waals surface area contributed by atoms with Crippen LogP contribution < -0.4 is 14.9 Å². The van der Waals surface area contributed by atoms with E-state index in [1.165, 1.54) is 12.1 Å². The highest BCUT2D eigenvalue weighted by Crippen LogP contribution is 2.23. The number of nitrogens with one attached hydrogen (secondary N) is 2. The molecule has 3 aromatic carbocycles. The monoisotopic (exact) mass is 481 g/mol. The van der Waals surface area contributed by atoms with Crippen LogP contribution in [0.3, 0.4) is 0 Å². The number of amides is 2. The number of carbonyl (C=O) groups is 2. The van der Waals surface area contributed by atoms with Gasteiger partial charge < -0.3 is 10.2 Å². The largest absolute Gasteiger partial charge is 0.325 e. The SMILES string of the molecule is O=C(Nc1ccc(N2CCCC2=O)cc1)[C@H](Cc1ccccc1)NS(=O)(=O)c1ccccc1F. The quantitative estimate of drug-likeness (QED) is 0.515. The fourth-order valence-corrected chi connectivity index (χ4v) is 5.10. The van der Waals surface area contributed by atoms with E-state index < -0.39 is 32.7 Å². The van der Waals surface area contributed by atoms with Crippen LogP contribution in [0.1, 0.15) is 18.4 Å². The molecule has 1 heterocycles. The highest BCUT2D eigenvalue weighted by molar-refractivity contribution is 7.89. The molecule has 0 spiro atoms. The molecular weight excluding hydrogens is 457 g/mol. The maximum atomic E-state index is 14.2. The van der Waals surface area contributed by atoms with Crippen LogP contribution in [-0.2, 0) is 26.0 Å². The number of carbonyl (C=O) groups excluding carboxylic acids is 2. The minimum atomic E-state index is -4.30. The standard InChI is InChI=1S/C25H24FN3O4S/c26-21-9-4-5-10-23(21)34(32,33)28-22(17-18-7-2-1-3-8-18)25(31)27-19-12-14-20(15-13-19)29-16-6-11-24(29)30/h1-5,7-10,12-15,22,28H,6,11,16-17H2,(H,27,31)/t22-/m0/s1. The second kappa shape index (κ2) is 10.1. The Morgan fingerprint density at radius 3 is 2.29 bits per heavy atom. The van der Waals surface area contributed by atoms with E-state index in [1.807, 2.05) is 6.07 Å². The Morgan fingerprint density at radius 1 is 0.971 bits per heavy atom. The summed E-state index contributed by atoms with van der Waals surface area (Å²) in [5.74, 6) is -1.43. The summed E-state index contributed by atoms with van der Waals surface area (Å²) in [6.07, 6.45) is 1.39. The van der Waals surface area contributed by atoms with E-state index in [2.05, 4.69) is 10.0 Å². The predicted octanol–water partition coefficient (Wildman–Crippen LogP) is 3.48. The second-order valence-corrected chi connectivity index (χ2v) is 9.66. The second-order valence-electron chi connectivity index (χ2n) is 7.98.